The molecule has 6 atom stereocenters. The molecule has 3 heteroatoms. The molecule has 4 N–H and O–H groups in total. The molecule has 2 fully saturated rings. The van der Waals surface area contributed by atoms with Crippen LogP contribution in [0.25, 0.3) is 0 Å². The number of benzene rings is 2. The van der Waals surface area contributed by atoms with E-state index in [4.69, 9.17) is 16.2 Å². The summed E-state index contributed by atoms with van der Waals surface area (Å²) in [4.78, 5) is 0. The van der Waals surface area contributed by atoms with E-state index >= 15 is 0 Å². The van der Waals surface area contributed by atoms with Gasteiger partial charge in [-0.1, -0.05) is 63.8 Å². The summed E-state index contributed by atoms with van der Waals surface area (Å²) in [6.45, 7) is 4.74. The molecule has 4 unspecified atom stereocenters. The molecule has 0 heterocycles. The van der Waals surface area contributed by atoms with Gasteiger partial charge in [-0.2, -0.15) is 0 Å². The quantitative estimate of drug-likeness (QED) is 0.407. The molecule has 2 aromatic carbocycles. The SMILES string of the molecule is CC(C[C@H]1CCCCC1OC1CCCC[C@@H]1CC(C)c1ccc(N)cc1)c1ccc(N)cc1. The van der Waals surface area contributed by atoms with Crippen LogP contribution in [0.15, 0.2) is 48.5 Å². The molecule has 0 amide bonds. The van der Waals surface area contributed by atoms with E-state index in [1.807, 2.05) is 24.3 Å². The van der Waals surface area contributed by atoms with E-state index in [-0.39, 0.29) is 0 Å². The van der Waals surface area contributed by atoms with Gasteiger partial charge in [0.25, 0.3) is 0 Å². The van der Waals surface area contributed by atoms with Crippen molar-refractivity contribution in [1.29, 1.82) is 0 Å². The van der Waals surface area contributed by atoms with E-state index < -0.39 is 0 Å². The largest absolute Gasteiger partial charge is 0.399 e. The lowest BCUT2D eigenvalue weighted by Crippen LogP contribution is -2.37. The summed E-state index contributed by atoms with van der Waals surface area (Å²) < 4.78 is 7.03. The lowest BCUT2D eigenvalue weighted by molar-refractivity contribution is -0.0994. The Labute approximate surface area is 201 Å². The van der Waals surface area contributed by atoms with Crippen molar-refractivity contribution in [2.24, 2.45) is 11.8 Å². The highest BCUT2D eigenvalue weighted by atomic mass is 16.5. The van der Waals surface area contributed by atoms with Crippen LogP contribution >= 0.6 is 0 Å². The molecule has 0 aromatic heterocycles. The molecule has 0 bridgehead atoms. The minimum absolute atomic E-state index is 0.424. The number of hydrogen-bond donors (Lipinski definition) is 2. The van der Waals surface area contributed by atoms with Gasteiger partial charge in [-0.05, 0) is 97.6 Å². The second-order valence-electron chi connectivity index (χ2n) is 10.9. The van der Waals surface area contributed by atoms with Crippen molar-refractivity contribution < 1.29 is 4.74 Å². The summed E-state index contributed by atoms with van der Waals surface area (Å²) in [5.41, 5.74) is 16.3. The summed E-state index contributed by atoms with van der Waals surface area (Å²) in [6.07, 6.45) is 13.7. The molecule has 0 saturated heterocycles. The zero-order valence-electron chi connectivity index (χ0n) is 20.7. The first-order chi connectivity index (χ1) is 16.0. The molecule has 3 nitrogen and oxygen atoms in total. The van der Waals surface area contributed by atoms with Crippen LogP contribution in [-0.4, -0.2) is 12.2 Å². The number of hydrogen-bond acceptors (Lipinski definition) is 3. The van der Waals surface area contributed by atoms with Crippen LogP contribution < -0.4 is 11.5 Å². The van der Waals surface area contributed by atoms with Crippen molar-refractivity contribution in [2.45, 2.75) is 102 Å². The predicted octanol–water partition coefficient (Wildman–Crippen LogP) is 7.67. The van der Waals surface area contributed by atoms with Gasteiger partial charge in [0, 0.05) is 11.4 Å². The summed E-state index contributed by atoms with van der Waals surface area (Å²) in [6, 6.07) is 17.0. The van der Waals surface area contributed by atoms with Crippen LogP contribution in [0.3, 0.4) is 0 Å². The fourth-order valence-corrected chi connectivity index (χ4v) is 6.30. The molecule has 0 aliphatic heterocycles. The van der Waals surface area contributed by atoms with Gasteiger partial charge in [0.1, 0.15) is 0 Å². The smallest absolute Gasteiger partial charge is 0.0607 e. The highest BCUT2D eigenvalue weighted by Gasteiger charge is 2.34. The van der Waals surface area contributed by atoms with Crippen LogP contribution in [0.5, 0.6) is 0 Å². The van der Waals surface area contributed by atoms with Crippen LogP contribution in [0.4, 0.5) is 11.4 Å². The molecular formula is C30H44N2O. The molecule has 33 heavy (non-hydrogen) atoms. The van der Waals surface area contributed by atoms with E-state index in [9.17, 15) is 0 Å². The Bertz CT molecular complexity index is 775. The molecule has 2 aliphatic carbocycles. The van der Waals surface area contributed by atoms with Crippen LogP contribution in [-0.2, 0) is 4.74 Å². The molecule has 2 saturated carbocycles. The molecule has 2 aromatic rings. The van der Waals surface area contributed by atoms with Crippen molar-refractivity contribution in [3.05, 3.63) is 59.7 Å². The maximum absolute atomic E-state index is 7.03. The third kappa shape index (κ3) is 6.53. The normalized spacial score (nSPS) is 27.7. The second-order valence-corrected chi connectivity index (χ2v) is 10.9. The molecule has 0 spiro atoms. The van der Waals surface area contributed by atoms with E-state index in [0.717, 1.165) is 11.4 Å². The van der Waals surface area contributed by atoms with Crippen molar-refractivity contribution in [2.75, 3.05) is 11.5 Å². The first-order valence-electron chi connectivity index (χ1n) is 13.4. The van der Waals surface area contributed by atoms with Crippen molar-refractivity contribution in [3.63, 3.8) is 0 Å². The molecule has 4 rings (SSSR count). The van der Waals surface area contributed by atoms with Crippen LogP contribution in [0, 0.1) is 11.8 Å². The number of nitrogens with two attached hydrogens (primary N) is 2. The van der Waals surface area contributed by atoms with Gasteiger partial charge in [0.15, 0.2) is 0 Å². The molecule has 2 aliphatic rings. The summed E-state index contributed by atoms with van der Waals surface area (Å²) in [5, 5.41) is 0. The Morgan fingerprint density at radius 1 is 0.636 bits per heavy atom. The van der Waals surface area contributed by atoms with Gasteiger partial charge in [-0.25, -0.2) is 0 Å². The Hall–Kier alpha value is -2.00. The van der Waals surface area contributed by atoms with Gasteiger partial charge in [0.05, 0.1) is 12.2 Å². The average Bonchev–Trinajstić information content (AvgIpc) is 2.82. The maximum atomic E-state index is 7.03. The standard InChI is InChI=1S/C30H44N2O/c1-21(23-11-15-27(31)16-12-23)19-25-7-3-5-9-29(25)33-30-10-6-4-8-26(30)20-22(2)24-13-17-28(32)18-14-24/h11-18,21-22,25-26,29-30H,3-10,19-20,31-32H2,1-2H3/t21?,22?,25-,26-,29?,30?/m1/s1. The van der Waals surface area contributed by atoms with E-state index in [2.05, 4.69) is 38.1 Å². The van der Waals surface area contributed by atoms with Crippen molar-refractivity contribution >= 4 is 11.4 Å². The molecule has 180 valence electrons. The summed E-state index contributed by atoms with van der Waals surface area (Å²) in [5.74, 6) is 2.44. The fourth-order valence-electron chi connectivity index (χ4n) is 6.30. The van der Waals surface area contributed by atoms with Gasteiger partial charge in [-0.15, -0.1) is 0 Å². The van der Waals surface area contributed by atoms with Crippen molar-refractivity contribution in [1.82, 2.24) is 0 Å². The Kier molecular flexibility index (Phi) is 8.35. The molecular weight excluding hydrogens is 404 g/mol. The van der Waals surface area contributed by atoms with Gasteiger partial charge < -0.3 is 16.2 Å². The average molecular weight is 449 g/mol. The summed E-state index contributed by atoms with van der Waals surface area (Å²) in [7, 11) is 0. The third-order valence-corrected chi connectivity index (χ3v) is 8.35. The lowest BCUT2D eigenvalue weighted by Gasteiger charge is -2.40. The minimum Gasteiger partial charge on any atom is -0.399 e. The zero-order chi connectivity index (χ0) is 23.2. The number of nitrogen functional groups attached to an aromatic ring is 2. The van der Waals surface area contributed by atoms with Crippen LogP contribution in [0.1, 0.15) is 101 Å². The fraction of sp³-hybridized carbons (Fsp3) is 0.600. The Balaban J connectivity index is 1.38. The topological polar surface area (TPSA) is 61.3 Å². The highest BCUT2D eigenvalue weighted by Crippen LogP contribution is 2.40. The molecule has 0 radical (unpaired) electrons. The highest BCUT2D eigenvalue weighted by molar-refractivity contribution is 5.40. The lowest BCUT2D eigenvalue weighted by atomic mass is 9.77. The van der Waals surface area contributed by atoms with Crippen molar-refractivity contribution in [3.8, 4) is 0 Å². The van der Waals surface area contributed by atoms with E-state index in [0.29, 0.717) is 35.9 Å². The zero-order valence-corrected chi connectivity index (χ0v) is 20.7. The summed E-state index contributed by atoms with van der Waals surface area (Å²) >= 11 is 0. The number of ether oxygens (including phenoxy) is 1. The number of anilines is 2. The monoisotopic (exact) mass is 448 g/mol. The van der Waals surface area contributed by atoms with Crippen LogP contribution in [0.2, 0.25) is 0 Å². The predicted molar refractivity (Wildman–Crippen MR) is 140 cm³/mol. The van der Waals surface area contributed by atoms with E-state index in [1.165, 1.54) is 75.3 Å². The van der Waals surface area contributed by atoms with Gasteiger partial charge >= 0.3 is 0 Å². The third-order valence-electron chi connectivity index (χ3n) is 8.35. The van der Waals surface area contributed by atoms with Gasteiger partial charge in [-0.3, -0.25) is 0 Å². The first-order valence-corrected chi connectivity index (χ1v) is 13.4. The Morgan fingerprint density at radius 2 is 1.00 bits per heavy atom. The number of rotatable bonds is 8. The Morgan fingerprint density at radius 3 is 1.39 bits per heavy atom. The maximum Gasteiger partial charge on any atom is 0.0607 e. The second kappa shape index (κ2) is 11.4. The van der Waals surface area contributed by atoms with E-state index in [1.54, 1.807) is 0 Å². The first kappa shape index (κ1) is 24.1. The van der Waals surface area contributed by atoms with Gasteiger partial charge in [0.2, 0.25) is 0 Å². The minimum atomic E-state index is 0.424.